The summed E-state index contributed by atoms with van der Waals surface area (Å²) in [7, 11) is -7.55. The van der Waals surface area contributed by atoms with Gasteiger partial charge in [-0.2, -0.15) is 16.8 Å². The molecule has 0 fully saturated rings. The Morgan fingerprint density at radius 1 is 0.512 bits per heavy atom. The summed E-state index contributed by atoms with van der Waals surface area (Å²) in [5.41, 5.74) is 5.19. The van der Waals surface area contributed by atoms with Crippen LogP contribution in [0.3, 0.4) is 0 Å². The Morgan fingerprint density at radius 3 is 1.35 bits per heavy atom. The number of benzene rings is 4. The molecule has 0 spiro atoms. The van der Waals surface area contributed by atoms with Crippen LogP contribution < -0.4 is 8.37 Å². The third-order valence-corrected chi connectivity index (χ3v) is 8.89. The molecule has 5 rings (SSSR count). The number of rotatable bonds is 9. The molecular formula is C34H33NO6S2. The number of hydrogen-bond acceptors (Lipinski definition) is 7. The second-order valence-electron chi connectivity index (χ2n) is 9.98. The van der Waals surface area contributed by atoms with E-state index in [1.54, 1.807) is 91.1 Å². The average molecular weight is 616 g/mol. The van der Waals surface area contributed by atoms with E-state index in [9.17, 15) is 16.8 Å². The maximum atomic E-state index is 12.3. The molecule has 0 amide bonds. The summed E-state index contributed by atoms with van der Waals surface area (Å²) in [6.07, 6.45) is 3.45. The molecule has 0 saturated carbocycles. The van der Waals surface area contributed by atoms with Crippen LogP contribution in [0.5, 0.6) is 11.5 Å². The minimum absolute atomic E-state index is 0.150. The van der Waals surface area contributed by atoms with Gasteiger partial charge >= 0.3 is 20.2 Å². The third-order valence-electron chi connectivity index (χ3n) is 6.37. The van der Waals surface area contributed by atoms with Gasteiger partial charge in [0.05, 0.1) is 0 Å². The molecule has 0 N–H and O–H groups in total. The first-order chi connectivity index (χ1) is 20.5. The van der Waals surface area contributed by atoms with Crippen molar-refractivity contribution in [2.45, 2.75) is 43.4 Å². The first kappa shape index (κ1) is 31.5. The Morgan fingerprint density at radius 2 is 0.930 bits per heavy atom. The minimum Gasteiger partial charge on any atom is -0.379 e. The molecule has 0 aliphatic carbocycles. The Kier molecular flexibility index (Phi) is 10.3. The summed E-state index contributed by atoms with van der Waals surface area (Å²) in [6.45, 7) is 5.73. The van der Waals surface area contributed by atoms with E-state index in [4.69, 9.17) is 8.37 Å². The van der Waals surface area contributed by atoms with E-state index in [1.807, 2.05) is 51.1 Å². The van der Waals surface area contributed by atoms with Crippen LogP contribution in [0.15, 0.2) is 131 Å². The van der Waals surface area contributed by atoms with Crippen molar-refractivity contribution in [2.75, 3.05) is 0 Å². The number of pyridine rings is 1. The molecular weight excluding hydrogens is 583 g/mol. The molecule has 0 aliphatic rings. The van der Waals surface area contributed by atoms with Gasteiger partial charge in [-0.05, 0) is 99.8 Å². The topological polar surface area (TPSA) is 99.6 Å². The van der Waals surface area contributed by atoms with Crippen LogP contribution in [-0.2, 0) is 33.1 Å². The van der Waals surface area contributed by atoms with Gasteiger partial charge in [0.25, 0.3) is 0 Å². The molecule has 7 nitrogen and oxygen atoms in total. The zero-order valence-corrected chi connectivity index (χ0v) is 25.8. The molecule has 0 saturated heterocycles. The zero-order valence-electron chi connectivity index (χ0n) is 24.2. The third kappa shape index (κ3) is 9.52. The van der Waals surface area contributed by atoms with Crippen molar-refractivity contribution in [1.29, 1.82) is 0 Å². The normalized spacial score (nSPS) is 11.2. The molecule has 9 heteroatoms. The summed E-state index contributed by atoms with van der Waals surface area (Å²) < 4.78 is 58.8. The number of aromatic nitrogens is 1. The zero-order chi connectivity index (χ0) is 30.9. The van der Waals surface area contributed by atoms with E-state index in [0.717, 1.165) is 40.8 Å². The standard InChI is InChI=1S/C20H19NO3S.C14H14O3S/c1-16-5-13-20(14-6-16)25(22,23)24-19-11-8-17(9-12-19)7-10-18-4-2-3-15-21-18;1-11-3-7-13(8-4-11)17-18(15,16)14-9-5-12(2)6-10-14/h2-6,8-9,11-15H,7,10H2,1H3;3-10H,1-2H3. The van der Waals surface area contributed by atoms with Gasteiger partial charge in [-0.1, -0.05) is 71.3 Å². The summed E-state index contributed by atoms with van der Waals surface area (Å²) in [4.78, 5) is 4.61. The summed E-state index contributed by atoms with van der Waals surface area (Å²) in [5.74, 6) is 0.628. The molecule has 0 bridgehead atoms. The fourth-order valence-corrected chi connectivity index (χ4v) is 5.74. The van der Waals surface area contributed by atoms with Gasteiger partial charge in [0, 0.05) is 11.9 Å². The second kappa shape index (κ2) is 14.1. The van der Waals surface area contributed by atoms with E-state index in [0.29, 0.717) is 11.5 Å². The highest BCUT2D eigenvalue weighted by Gasteiger charge is 2.17. The molecule has 0 unspecified atom stereocenters. The highest BCUT2D eigenvalue weighted by molar-refractivity contribution is 7.87. The highest BCUT2D eigenvalue weighted by atomic mass is 32.2. The van der Waals surface area contributed by atoms with Gasteiger partial charge in [-0.3, -0.25) is 4.98 Å². The lowest BCUT2D eigenvalue weighted by Gasteiger charge is -2.08. The lowest BCUT2D eigenvalue weighted by molar-refractivity contribution is 0.484. The maximum Gasteiger partial charge on any atom is 0.339 e. The van der Waals surface area contributed by atoms with E-state index >= 15 is 0 Å². The molecule has 0 atom stereocenters. The van der Waals surface area contributed by atoms with Crippen LogP contribution in [0.1, 0.15) is 27.9 Å². The quantitative estimate of drug-likeness (QED) is 0.164. The highest BCUT2D eigenvalue weighted by Crippen LogP contribution is 2.21. The predicted molar refractivity (Wildman–Crippen MR) is 167 cm³/mol. The van der Waals surface area contributed by atoms with Crippen LogP contribution in [0.4, 0.5) is 0 Å². The maximum absolute atomic E-state index is 12.3. The van der Waals surface area contributed by atoms with Crippen molar-refractivity contribution in [3.63, 3.8) is 0 Å². The van der Waals surface area contributed by atoms with Gasteiger partial charge in [-0.15, -0.1) is 0 Å². The van der Waals surface area contributed by atoms with Crippen molar-refractivity contribution in [3.05, 3.63) is 149 Å². The van der Waals surface area contributed by atoms with Crippen molar-refractivity contribution in [2.24, 2.45) is 0 Å². The number of nitrogens with zero attached hydrogens (tertiary/aromatic N) is 1. The first-order valence-corrected chi connectivity index (χ1v) is 16.4. The van der Waals surface area contributed by atoms with Gasteiger partial charge in [-0.25, -0.2) is 0 Å². The van der Waals surface area contributed by atoms with Crippen LogP contribution >= 0.6 is 0 Å². The second-order valence-corrected chi connectivity index (χ2v) is 13.1. The lowest BCUT2D eigenvalue weighted by Crippen LogP contribution is -2.09. The van der Waals surface area contributed by atoms with Crippen LogP contribution in [0.25, 0.3) is 0 Å². The van der Waals surface area contributed by atoms with Gasteiger partial charge < -0.3 is 8.37 Å². The number of aryl methyl sites for hydroxylation is 5. The van der Waals surface area contributed by atoms with Crippen molar-refractivity contribution in [3.8, 4) is 11.5 Å². The van der Waals surface area contributed by atoms with E-state index in [-0.39, 0.29) is 9.79 Å². The van der Waals surface area contributed by atoms with Gasteiger partial charge in [0.1, 0.15) is 21.3 Å². The molecule has 5 aromatic rings. The molecule has 0 radical (unpaired) electrons. The molecule has 4 aromatic carbocycles. The van der Waals surface area contributed by atoms with Gasteiger partial charge in [0.2, 0.25) is 0 Å². The Labute approximate surface area is 254 Å². The van der Waals surface area contributed by atoms with Gasteiger partial charge in [0.15, 0.2) is 0 Å². The monoisotopic (exact) mass is 615 g/mol. The van der Waals surface area contributed by atoms with Crippen molar-refractivity contribution >= 4 is 20.2 Å². The number of hydrogen-bond donors (Lipinski definition) is 0. The minimum atomic E-state index is -3.81. The largest absolute Gasteiger partial charge is 0.379 e. The van der Waals surface area contributed by atoms with E-state index in [2.05, 4.69) is 4.98 Å². The van der Waals surface area contributed by atoms with E-state index in [1.165, 1.54) is 0 Å². The molecule has 1 heterocycles. The lowest BCUT2D eigenvalue weighted by atomic mass is 10.1. The Hall–Kier alpha value is -4.47. The SMILES string of the molecule is Cc1ccc(OS(=O)(=O)c2ccc(C)cc2)cc1.Cc1ccc(S(=O)(=O)Oc2ccc(CCc3ccccn3)cc2)cc1. The van der Waals surface area contributed by atoms with Crippen LogP contribution in [0.2, 0.25) is 0 Å². The fourth-order valence-electron chi connectivity index (χ4n) is 3.88. The van der Waals surface area contributed by atoms with Crippen LogP contribution in [0, 0.1) is 20.8 Å². The summed E-state index contributed by atoms with van der Waals surface area (Å²) >= 11 is 0. The smallest absolute Gasteiger partial charge is 0.339 e. The Balaban J connectivity index is 0.000000208. The first-order valence-electron chi connectivity index (χ1n) is 13.6. The summed E-state index contributed by atoms with van der Waals surface area (Å²) in [5, 5.41) is 0. The van der Waals surface area contributed by atoms with Crippen molar-refractivity contribution in [1.82, 2.24) is 4.98 Å². The van der Waals surface area contributed by atoms with E-state index < -0.39 is 20.2 Å². The van der Waals surface area contributed by atoms with Crippen molar-refractivity contribution < 1.29 is 25.2 Å². The predicted octanol–water partition coefficient (Wildman–Crippen LogP) is 7.01. The molecule has 0 aliphatic heterocycles. The molecule has 222 valence electrons. The fraction of sp³-hybridized carbons (Fsp3) is 0.147. The Bertz CT molecular complexity index is 1820. The average Bonchev–Trinajstić information content (AvgIpc) is 2.99. The summed E-state index contributed by atoms with van der Waals surface area (Å²) in [6, 6.07) is 33.0. The molecule has 1 aromatic heterocycles. The molecule has 43 heavy (non-hydrogen) atoms. The van der Waals surface area contributed by atoms with Crippen LogP contribution in [-0.4, -0.2) is 21.8 Å².